The Bertz CT molecular complexity index is 167. The van der Waals surface area contributed by atoms with E-state index in [9.17, 15) is 0 Å². The van der Waals surface area contributed by atoms with Crippen LogP contribution in [0.5, 0.6) is 0 Å². The Morgan fingerprint density at radius 2 is 1.27 bits per heavy atom. The van der Waals surface area contributed by atoms with Gasteiger partial charge in [-0.05, 0) is 5.41 Å². The maximum Gasteiger partial charge on any atom is 0.394 e. The summed E-state index contributed by atoms with van der Waals surface area (Å²) in [5, 5.41) is 0. The first-order chi connectivity index (χ1) is 4.56. The lowest BCUT2D eigenvalue weighted by Crippen LogP contribution is -2.00. The van der Waals surface area contributed by atoms with Gasteiger partial charge in [0.15, 0.2) is 0 Å². The lowest BCUT2D eigenvalue weighted by molar-refractivity contribution is 0.381. The van der Waals surface area contributed by atoms with Gasteiger partial charge in [0.05, 0.1) is 0 Å². The lowest BCUT2D eigenvalue weighted by Gasteiger charge is -2.12. The molecule has 0 aliphatic rings. The molecule has 0 radical (unpaired) electrons. The molecular formula is C6H16O4S. The summed E-state index contributed by atoms with van der Waals surface area (Å²) in [4.78, 5) is 0. The summed E-state index contributed by atoms with van der Waals surface area (Å²) in [6, 6.07) is 0. The van der Waals surface area contributed by atoms with Crippen LogP contribution in [-0.4, -0.2) is 17.5 Å². The molecule has 0 aromatic heterocycles. The summed E-state index contributed by atoms with van der Waals surface area (Å²) >= 11 is 0. The first kappa shape index (κ1) is 13.5. The molecule has 0 aliphatic carbocycles. The fourth-order valence-electron chi connectivity index (χ4n) is 0. The van der Waals surface area contributed by atoms with Gasteiger partial charge in [-0.15, -0.1) is 0 Å². The topological polar surface area (TPSA) is 74.6 Å². The van der Waals surface area contributed by atoms with E-state index in [-0.39, 0.29) is 0 Å². The van der Waals surface area contributed by atoms with E-state index in [1.807, 2.05) is 0 Å². The molecule has 70 valence electrons. The highest BCUT2D eigenvalue weighted by atomic mass is 32.3. The van der Waals surface area contributed by atoms with Gasteiger partial charge in [-0.2, -0.15) is 8.42 Å². The fraction of sp³-hybridized carbons (Fsp3) is 1.00. The summed E-state index contributed by atoms with van der Waals surface area (Å²) < 4.78 is 31.6. The maximum atomic E-state index is 8.74. The van der Waals surface area contributed by atoms with Crippen molar-refractivity contribution in [1.82, 2.24) is 0 Å². The molecule has 0 saturated heterocycles. The molecular weight excluding hydrogens is 168 g/mol. The molecule has 0 spiro atoms. The van der Waals surface area contributed by atoms with Crippen LogP contribution in [0.1, 0.15) is 34.1 Å². The summed E-state index contributed by atoms with van der Waals surface area (Å²) in [5.41, 5.74) is 0.542. The number of hydrogen-bond donors (Lipinski definition) is 2. The summed E-state index contributed by atoms with van der Waals surface area (Å²) in [6.07, 6.45) is 1.27. The second-order valence-electron chi connectivity index (χ2n) is 3.36. The molecule has 0 unspecified atom stereocenters. The average molecular weight is 184 g/mol. The van der Waals surface area contributed by atoms with Crippen molar-refractivity contribution in [1.29, 1.82) is 0 Å². The van der Waals surface area contributed by atoms with Gasteiger partial charge in [-0.3, -0.25) is 9.11 Å². The van der Waals surface area contributed by atoms with E-state index in [0.29, 0.717) is 5.41 Å². The SMILES string of the molecule is CCC(C)(C)C.O=S(=O)(O)O. The molecule has 0 amide bonds. The third-order valence-corrected chi connectivity index (χ3v) is 1.06. The second-order valence-corrected chi connectivity index (χ2v) is 4.26. The Kier molecular flexibility index (Phi) is 5.74. The zero-order valence-corrected chi connectivity index (χ0v) is 8.14. The minimum Gasteiger partial charge on any atom is -0.264 e. The van der Waals surface area contributed by atoms with Gasteiger partial charge >= 0.3 is 10.4 Å². The van der Waals surface area contributed by atoms with E-state index in [0.717, 1.165) is 0 Å². The quantitative estimate of drug-likeness (QED) is 0.563. The van der Waals surface area contributed by atoms with Crippen LogP contribution in [0.15, 0.2) is 0 Å². The zero-order valence-electron chi connectivity index (χ0n) is 7.33. The van der Waals surface area contributed by atoms with E-state index in [1.54, 1.807) is 0 Å². The summed E-state index contributed by atoms with van der Waals surface area (Å²) in [6.45, 7) is 8.94. The fourth-order valence-corrected chi connectivity index (χ4v) is 0. The van der Waals surface area contributed by atoms with E-state index in [2.05, 4.69) is 27.7 Å². The lowest BCUT2D eigenvalue weighted by atomic mass is 9.94. The zero-order chi connectivity index (χ0) is 9.71. The molecule has 2 N–H and O–H groups in total. The highest BCUT2D eigenvalue weighted by Gasteiger charge is 2.03. The predicted octanol–water partition coefficient (Wildman–Crippen LogP) is 1.79. The van der Waals surface area contributed by atoms with Crippen LogP contribution >= 0.6 is 0 Å². The molecule has 4 nitrogen and oxygen atoms in total. The molecule has 0 aromatic rings. The highest BCUT2D eigenvalue weighted by molar-refractivity contribution is 7.79. The first-order valence-electron chi connectivity index (χ1n) is 3.26. The Labute approximate surface area is 68.2 Å². The Morgan fingerprint density at radius 1 is 1.18 bits per heavy atom. The minimum atomic E-state index is -4.67. The van der Waals surface area contributed by atoms with Crippen molar-refractivity contribution in [2.75, 3.05) is 0 Å². The van der Waals surface area contributed by atoms with Crippen molar-refractivity contribution >= 4 is 10.4 Å². The number of rotatable bonds is 0. The van der Waals surface area contributed by atoms with Crippen molar-refractivity contribution in [3.63, 3.8) is 0 Å². The molecule has 0 fully saturated rings. The van der Waals surface area contributed by atoms with Gasteiger partial charge in [0, 0.05) is 0 Å². The molecule has 0 heterocycles. The van der Waals surface area contributed by atoms with Crippen molar-refractivity contribution in [3.05, 3.63) is 0 Å². The van der Waals surface area contributed by atoms with Gasteiger partial charge < -0.3 is 0 Å². The molecule has 11 heavy (non-hydrogen) atoms. The molecule has 0 aliphatic heterocycles. The van der Waals surface area contributed by atoms with Gasteiger partial charge in [0.2, 0.25) is 0 Å². The Balaban J connectivity index is 0. The highest BCUT2D eigenvalue weighted by Crippen LogP contribution is 2.16. The smallest absolute Gasteiger partial charge is 0.264 e. The molecule has 5 heteroatoms. The maximum absolute atomic E-state index is 8.74. The van der Waals surface area contributed by atoms with Crippen molar-refractivity contribution < 1.29 is 17.5 Å². The standard InChI is InChI=1S/C6H14.H2O4S/c1-5-6(2,3)4;1-5(2,3)4/h5H2,1-4H3;(H2,1,2,3,4). The third kappa shape index (κ3) is 74.2. The summed E-state index contributed by atoms with van der Waals surface area (Å²) in [7, 11) is -4.67. The second kappa shape index (κ2) is 4.69. The van der Waals surface area contributed by atoms with Crippen LogP contribution in [0.2, 0.25) is 0 Å². The Morgan fingerprint density at radius 3 is 1.27 bits per heavy atom. The third-order valence-electron chi connectivity index (χ3n) is 1.06. The van der Waals surface area contributed by atoms with Crippen molar-refractivity contribution in [2.45, 2.75) is 34.1 Å². The van der Waals surface area contributed by atoms with Gasteiger partial charge in [-0.1, -0.05) is 34.1 Å². The summed E-state index contributed by atoms with van der Waals surface area (Å²) in [5.74, 6) is 0. The van der Waals surface area contributed by atoms with E-state index in [4.69, 9.17) is 17.5 Å². The Hall–Kier alpha value is -0.130. The van der Waals surface area contributed by atoms with Crippen LogP contribution in [0.25, 0.3) is 0 Å². The molecule has 0 aromatic carbocycles. The van der Waals surface area contributed by atoms with Crippen molar-refractivity contribution in [2.24, 2.45) is 5.41 Å². The molecule has 0 saturated carbocycles. The minimum absolute atomic E-state index is 0.542. The van der Waals surface area contributed by atoms with Crippen molar-refractivity contribution in [3.8, 4) is 0 Å². The molecule has 0 bridgehead atoms. The van der Waals surface area contributed by atoms with Crippen LogP contribution in [-0.2, 0) is 10.4 Å². The first-order valence-corrected chi connectivity index (χ1v) is 4.66. The van der Waals surface area contributed by atoms with Crippen LogP contribution in [0.3, 0.4) is 0 Å². The van der Waals surface area contributed by atoms with Gasteiger partial charge in [-0.25, -0.2) is 0 Å². The van der Waals surface area contributed by atoms with Crippen LogP contribution in [0, 0.1) is 5.41 Å². The monoisotopic (exact) mass is 184 g/mol. The average Bonchev–Trinajstić information content (AvgIpc) is 1.59. The van der Waals surface area contributed by atoms with E-state index in [1.165, 1.54) is 6.42 Å². The molecule has 0 atom stereocenters. The van der Waals surface area contributed by atoms with E-state index >= 15 is 0 Å². The van der Waals surface area contributed by atoms with Gasteiger partial charge in [0.25, 0.3) is 0 Å². The van der Waals surface area contributed by atoms with Gasteiger partial charge in [0.1, 0.15) is 0 Å². The van der Waals surface area contributed by atoms with E-state index < -0.39 is 10.4 Å². The predicted molar refractivity (Wildman–Crippen MR) is 43.9 cm³/mol. The normalized spacial score (nSPS) is 11.8. The largest absolute Gasteiger partial charge is 0.394 e. The molecule has 0 rings (SSSR count). The van der Waals surface area contributed by atoms with Crippen LogP contribution in [0.4, 0.5) is 0 Å². The van der Waals surface area contributed by atoms with Crippen LogP contribution < -0.4 is 0 Å². The number of hydrogen-bond acceptors (Lipinski definition) is 2.